The molecule has 0 fully saturated rings. The number of benzene rings is 3. The largest absolute Gasteiger partial charge is 0.349 e. The average molecular weight is 574 g/mol. The van der Waals surface area contributed by atoms with Crippen molar-refractivity contribution in [3.63, 3.8) is 0 Å². The summed E-state index contributed by atoms with van der Waals surface area (Å²) in [6, 6.07) is 31.9. The topological polar surface area (TPSA) is 80.1 Å². The van der Waals surface area contributed by atoms with Crippen LogP contribution in [0.15, 0.2) is 103 Å². The van der Waals surface area contributed by atoms with E-state index in [2.05, 4.69) is 29.4 Å². The molecule has 0 radical (unpaired) electrons. The van der Waals surface area contributed by atoms with Gasteiger partial charge in [0, 0.05) is 17.3 Å². The summed E-state index contributed by atoms with van der Waals surface area (Å²) < 4.78 is 1.86. The summed E-state index contributed by atoms with van der Waals surface area (Å²) in [5.41, 5.74) is 7.55. The number of anilines is 1. The summed E-state index contributed by atoms with van der Waals surface area (Å²) in [7, 11) is 0. The van der Waals surface area contributed by atoms with Crippen LogP contribution < -0.4 is 10.2 Å². The van der Waals surface area contributed by atoms with Gasteiger partial charge < -0.3 is 5.32 Å². The minimum absolute atomic E-state index is 0.133. The summed E-state index contributed by atoms with van der Waals surface area (Å²) in [5, 5.41) is 7.97. The second-order valence-corrected chi connectivity index (χ2v) is 11.4. The van der Waals surface area contributed by atoms with Crippen molar-refractivity contribution in [3.8, 4) is 16.9 Å². The van der Waals surface area contributed by atoms with Crippen LogP contribution in [0.4, 0.5) is 5.82 Å². The van der Waals surface area contributed by atoms with Crippen LogP contribution in [0.3, 0.4) is 0 Å². The molecule has 1 atom stereocenters. The predicted octanol–water partition coefficient (Wildman–Crippen LogP) is 6.04. The molecule has 1 aliphatic heterocycles. The van der Waals surface area contributed by atoms with Crippen LogP contribution in [0.1, 0.15) is 33.2 Å². The monoisotopic (exact) mass is 573 g/mol. The minimum Gasteiger partial charge on any atom is -0.349 e. The third-order valence-corrected chi connectivity index (χ3v) is 8.68. The Balaban J connectivity index is 1.54. The van der Waals surface area contributed by atoms with Gasteiger partial charge in [0.15, 0.2) is 0 Å². The normalized spacial score (nSPS) is 14.8. The number of hydrogen-bond donors (Lipinski definition) is 1. The van der Waals surface area contributed by atoms with Crippen molar-refractivity contribution in [1.82, 2.24) is 20.1 Å². The molecule has 0 unspecified atom stereocenters. The molecule has 6 rings (SSSR count). The van der Waals surface area contributed by atoms with Gasteiger partial charge in [-0.15, -0.1) is 11.8 Å². The summed E-state index contributed by atoms with van der Waals surface area (Å²) >= 11 is 1.58. The lowest BCUT2D eigenvalue weighted by molar-refractivity contribution is -0.123. The summed E-state index contributed by atoms with van der Waals surface area (Å²) in [6.45, 7) is 4.27. The van der Waals surface area contributed by atoms with Gasteiger partial charge in [-0.2, -0.15) is 5.10 Å². The van der Waals surface area contributed by atoms with E-state index in [1.165, 1.54) is 0 Å². The summed E-state index contributed by atoms with van der Waals surface area (Å²) in [4.78, 5) is 33.2. The molecule has 0 saturated carbocycles. The number of thioether (sulfide) groups is 1. The van der Waals surface area contributed by atoms with Crippen molar-refractivity contribution >= 4 is 29.4 Å². The van der Waals surface area contributed by atoms with Crippen molar-refractivity contribution < 1.29 is 9.59 Å². The van der Waals surface area contributed by atoms with Crippen molar-refractivity contribution in [2.45, 2.75) is 25.6 Å². The molecule has 0 aliphatic carbocycles. The Morgan fingerprint density at radius 1 is 0.905 bits per heavy atom. The number of nitrogens with one attached hydrogen (secondary N) is 1. The van der Waals surface area contributed by atoms with Crippen LogP contribution >= 0.6 is 11.8 Å². The second-order valence-electron chi connectivity index (χ2n) is 10.3. The van der Waals surface area contributed by atoms with E-state index in [1.807, 2.05) is 96.5 Å². The number of carbonyl (C=O) groups excluding carboxylic acids is 2. The van der Waals surface area contributed by atoms with E-state index in [4.69, 9.17) is 5.10 Å². The Morgan fingerprint density at radius 3 is 2.36 bits per heavy atom. The van der Waals surface area contributed by atoms with E-state index < -0.39 is 0 Å². The third kappa shape index (κ3) is 5.45. The molecule has 0 saturated heterocycles. The molecule has 2 amide bonds. The lowest BCUT2D eigenvalue weighted by Crippen LogP contribution is -2.42. The zero-order valence-corrected chi connectivity index (χ0v) is 24.3. The highest BCUT2D eigenvalue weighted by Gasteiger charge is 2.38. The van der Waals surface area contributed by atoms with Gasteiger partial charge in [0.2, 0.25) is 11.8 Å². The number of amides is 2. The highest BCUT2D eigenvalue weighted by atomic mass is 32.2. The SMILES string of the molecule is Cc1ccccc1[C@@H]1SCC(=O)N(CC(=O)NCc2ccccn2)c2c1c(-c1ccccc1)nn2-c1ccccc1C. The van der Waals surface area contributed by atoms with Crippen molar-refractivity contribution in [1.29, 1.82) is 0 Å². The highest BCUT2D eigenvalue weighted by Crippen LogP contribution is 2.49. The lowest BCUT2D eigenvalue weighted by atomic mass is 9.96. The average Bonchev–Trinajstić information content (AvgIpc) is 3.34. The lowest BCUT2D eigenvalue weighted by Gasteiger charge is -2.24. The molecular formula is C34H31N5O2S. The first kappa shape index (κ1) is 27.5. The van der Waals surface area contributed by atoms with Gasteiger partial charge in [0.1, 0.15) is 12.4 Å². The van der Waals surface area contributed by atoms with Gasteiger partial charge in [-0.05, 0) is 48.7 Å². The first-order chi connectivity index (χ1) is 20.5. The maximum atomic E-state index is 13.9. The number of aryl methyl sites for hydroxylation is 2. The van der Waals surface area contributed by atoms with Crippen molar-refractivity contribution in [2.24, 2.45) is 0 Å². The number of carbonyl (C=O) groups is 2. The maximum absolute atomic E-state index is 13.9. The number of fused-ring (bicyclic) bond motifs is 1. The standard InChI is InChI=1S/C34H31N5O2S/c1-23-12-6-8-17-27(23)33-31-32(25-14-4-3-5-15-25)37-39(28-18-9-7-13-24(28)2)34(31)38(30(41)22-42-33)21-29(40)36-20-26-16-10-11-19-35-26/h3-19,33H,20-22H2,1-2H3,(H,36,40)/t33-/m0/s1. The predicted molar refractivity (Wildman–Crippen MR) is 168 cm³/mol. The number of rotatable bonds is 7. The quantitative estimate of drug-likeness (QED) is 0.257. The molecule has 1 N–H and O–H groups in total. The van der Waals surface area contributed by atoms with Crippen LogP contribution in [0, 0.1) is 13.8 Å². The van der Waals surface area contributed by atoms with Crippen LogP contribution in [-0.2, 0) is 16.1 Å². The number of aromatic nitrogens is 3. The fourth-order valence-electron chi connectivity index (χ4n) is 5.32. The minimum atomic E-state index is -0.266. The van der Waals surface area contributed by atoms with Gasteiger partial charge in [-0.25, -0.2) is 4.68 Å². The molecule has 0 bridgehead atoms. The van der Waals surface area contributed by atoms with Gasteiger partial charge in [-0.1, -0.05) is 78.9 Å². The molecule has 42 heavy (non-hydrogen) atoms. The Bertz CT molecular complexity index is 1740. The van der Waals surface area contributed by atoms with Crippen molar-refractivity contribution in [3.05, 3.63) is 131 Å². The first-order valence-electron chi connectivity index (χ1n) is 13.9. The molecule has 2 aromatic heterocycles. The molecule has 0 spiro atoms. The molecule has 5 aromatic rings. The van der Waals surface area contributed by atoms with Gasteiger partial charge in [-0.3, -0.25) is 19.5 Å². The van der Waals surface area contributed by atoms with Crippen LogP contribution in [0.5, 0.6) is 0 Å². The van der Waals surface area contributed by atoms with Crippen LogP contribution in [0.25, 0.3) is 16.9 Å². The molecule has 1 aliphatic rings. The van der Waals surface area contributed by atoms with Crippen molar-refractivity contribution in [2.75, 3.05) is 17.2 Å². The zero-order chi connectivity index (χ0) is 29.1. The Kier molecular flexibility index (Phi) is 7.88. The fraction of sp³-hybridized carbons (Fsp3) is 0.176. The van der Waals surface area contributed by atoms with E-state index >= 15 is 0 Å². The van der Waals surface area contributed by atoms with E-state index in [9.17, 15) is 9.59 Å². The smallest absolute Gasteiger partial charge is 0.240 e. The van der Waals surface area contributed by atoms with Gasteiger partial charge in [0.25, 0.3) is 0 Å². The van der Waals surface area contributed by atoms with E-state index in [-0.39, 0.29) is 35.9 Å². The Hall–Kier alpha value is -4.69. The van der Waals surface area contributed by atoms with E-state index in [1.54, 1.807) is 22.9 Å². The molecule has 7 nitrogen and oxygen atoms in total. The maximum Gasteiger partial charge on any atom is 0.240 e. The third-order valence-electron chi connectivity index (χ3n) is 7.45. The van der Waals surface area contributed by atoms with E-state index in [0.717, 1.165) is 44.9 Å². The molecule has 3 aromatic carbocycles. The molecular weight excluding hydrogens is 542 g/mol. The molecule has 3 heterocycles. The highest BCUT2D eigenvalue weighted by molar-refractivity contribution is 8.00. The molecule has 8 heteroatoms. The van der Waals surface area contributed by atoms with E-state index in [0.29, 0.717) is 5.82 Å². The number of pyridine rings is 1. The Labute approximate surface area is 249 Å². The molecule has 210 valence electrons. The zero-order valence-electron chi connectivity index (χ0n) is 23.5. The summed E-state index contributed by atoms with van der Waals surface area (Å²) in [6.07, 6.45) is 1.70. The van der Waals surface area contributed by atoms with Crippen LogP contribution in [0.2, 0.25) is 0 Å². The number of hydrogen-bond acceptors (Lipinski definition) is 5. The first-order valence-corrected chi connectivity index (χ1v) is 14.9. The fourth-order valence-corrected chi connectivity index (χ4v) is 6.61. The second kappa shape index (κ2) is 12.0. The Morgan fingerprint density at radius 2 is 1.62 bits per heavy atom. The van der Waals surface area contributed by atoms with Gasteiger partial charge in [0.05, 0.1) is 34.6 Å². The van der Waals surface area contributed by atoms with Crippen LogP contribution in [-0.4, -0.2) is 38.9 Å². The summed E-state index contributed by atoms with van der Waals surface area (Å²) in [5.74, 6) is 0.445. The number of para-hydroxylation sites is 1. The number of nitrogens with zero attached hydrogens (tertiary/aromatic N) is 4. The van der Waals surface area contributed by atoms with Gasteiger partial charge >= 0.3 is 0 Å².